The van der Waals surface area contributed by atoms with E-state index >= 15 is 0 Å². The molecule has 38 heavy (non-hydrogen) atoms. The second-order valence-corrected chi connectivity index (χ2v) is 10.2. The van der Waals surface area contributed by atoms with Gasteiger partial charge in [-0.1, -0.05) is 78.0 Å². The van der Waals surface area contributed by atoms with E-state index in [9.17, 15) is 14.9 Å². The number of carbonyl (C=O) groups excluding carboxylic acids is 2. The summed E-state index contributed by atoms with van der Waals surface area (Å²) in [4.78, 5) is 26.0. The van der Waals surface area contributed by atoms with Crippen LogP contribution in [-0.2, 0) is 20.9 Å². The number of allylic oxidation sites excluding steroid dienone is 2. The molecule has 0 saturated carbocycles. The van der Waals surface area contributed by atoms with Gasteiger partial charge < -0.3 is 15.4 Å². The highest BCUT2D eigenvalue weighted by Crippen LogP contribution is 2.41. The molecule has 0 unspecified atom stereocenters. The molecule has 1 aliphatic heterocycles. The molecule has 1 aliphatic rings. The molecule has 0 spiro atoms. The third-order valence-corrected chi connectivity index (χ3v) is 7.20. The number of aryl methyl sites for hydroxylation is 1. The van der Waals surface area contributed by atoms with Crippen molar-refractivity contribution in [3.63, 3.8) is 0 Å². The molecule has 3 aromatic carbocycles. The zero-order valence-corrected chi connectivity index (χ0v) is 22.5. The molecule has 4 rings (SSSR count). The third kappa shape index (κ3) is 6.65. The Morgan fingerprint density at radius 2 is 1.79 bits per heavy atom. The molecule has 6 nitrogen and oxygen atoms in total. The zero-order valence-electron chi connectivity index (χ0n) is 21.0. The number of nitrogens with zero attached hydrogens (tertiary/aromatic N) is 1. The lowest BCUT2D eigenvalue weighted by atomic mass is 9.82. The summed E-state index contributed by atoms with van der Waals surface area (Å²) >= 11 is 7.33. The monoisotopic (exact) mass is 543 g/mol. The lowest BCUT2D eigenvalue weighted by Crippen LogP contribution is -2.29. The van der Waals surface area contributed by atoms with E-state index < -0.39 is 11.9 Å². The van der Waals surface area contributed by atoms with Crippen LogP contribution in [-0.4, -0.2) is 17.6 Å². The first-order valence-corrected chi connectivity index (χ1v) is 13.3. The summed E-state index contributed by atoms with van der Waals surface area (Å²) in [6, 6.07) is 26.2. The van der Waals surface area contributed by atoms with Crippen LogP contribution in [0.2, 0.25) is 5.02 Å². The van der Waals surface area contributed by atoms with E-state index in [1.807, 2.05) is 61.5 Å². The Labute approximate surface area is 231 Å². The first-order chi connectivity index (χ1) is 18.4. The first-order valence-electron chi connectivity index (χ1n) is 11.9. The molecule has 0 saturated heterocycles. The lowest BCUT2D eigenvalue weighted by Gasteiger charge is -2.29. The van der Waals surface area contributed by atoms with Crippen molar-refractivity contribution in [3.05, 3.63) is 122 Å². The van der Waals surface area contributed by atoms with Crippen LogP contribution in [0.4, 0.5) is 5.69 Å². The molecule has 0 aliphatic carbocycles. The fourth-order valence-corrected chi connectivity index (χ4v) is 5.16. The van der Waals surface area contributed by atoms with Gasteiger partial charge in [-0.05, 0) is 54.8 Å². The normalized spacial score (nSPS) is 14.9. The minimum atomic E-state index is -0.677. The van der Waals surface area contributed by atoms with Crippen LogP contribution in [0.1, 0.15) is 29.5 Å². The number of hydrogen-bond donors (Lipinski definition) is 2. The number of hydrogen-bond acceptors (Lipinski definition) is 6. The number of esters is 1. The largest absolute Gasteiger partial charge is 0.457 e. The van der Waals surface area contributed by atoms with E-state index in [-0.39, 0.29) is 18.3 Å². The summed E-state index contributed by atoms with van der Waals surface area (Å²) in [7, 11) is 0. The predicted octanol–water partition coefficient (Wildman–Crippen LogP) is 6.46. The lowest BCUT2D eigenvalue weighted by molar-refractivity contribution is -0.140. The second kappa shape index (κ2) is 12.5. The summed E-state index contributed by atoms with van der Waals surface area (Å²) in [5.74, 6) is -1.32. The number of nitriles is 1. The van der Waals surface area contributed by atoms with Gasteiger partial charge in [0.25, 0.3) is 0 Å². The van der Waals surface area contributed by atoms with Crippen LogP contribution >= 0.6 is 23.4 Å². The maximum atomic E-state index is 13.3. The maximum absolute atomic E-state index is 13.3. The summed E-state index contributed by atoms with van der Waals surface area (Å²) in [6.45, 7) is 3.83. The number of rotatable bonds is 8. The number of amides is 1. The van der Waals surface area contributed by atoms with Gasteiger partial charge >= 0.3 is 5.97 Å². The van der Waals surface area contributed by atoms with Crippen molar-refractivity contribution >= 4 is 40.9 Å². The van der Waals surface area contributed by atoms with E-state index in [1.165, 1.54) is 11.8 Å². The average Bonchev–Trinajstić information content (AvgIpc) is 2.91. The Kier molecular flexibility index (Phi) is 8.90. The SMILES string of the molecule is CC1=C(C(=O)OCc2ccccc2)[C@@H](c2ccc(Cl)cc2)C(C#N)=C(SCC(=O)Nc2cccc(C)c2)N1. The number of anilines is 1. The molecular weight excluding hydrogens is 518 g/mol. The molecule has 0 bridgehead atoms. The molecule has 8 heteroatoms. The fraction of sp³-hybridized carbons (Fsp3) is 0.167. The Bertz CT molecular complexity index is 1440. The Balaban J connectivity index is 1.59. The average molecular weight is 544 g/mol. The summed E-state index contributed by atoms with van der Waals surface area (Å²) in [5, 5.41) is 17.3. The van der Waals surface area contributed by atoms with Gasteiger partial charge in [-0.15, -0.1) is 0 Å². The molecule has 1 amide bonds. The van der Waals surface area contributed by atoms with Crippen LogP contribution < -0.4 is 10.6 Å². The molecule has 0 fully saturated rings. The minimum absolute atomic E-state index is 0.0792. The Morgan fingerprint density at radius 1 is 1.05 bits per heavy atom. The number of carbonyl (C=O) groups is 2. The fourth-order valence-electron chi connectivity index (χ4n) is 4.14. The highest BCUT2D eigenvalue weighted by molar-refractivity contribution is 8.03. The molecule has 1 atom stereocenters. The highest BCUT2D eigenvalue weighted by atomic mass is 35.5. The van der Waals surface area contributed by atoms with Crippen molar-refractivity contribution in [1.82, 2.24) is 5.32 Å². The minimum Gasteiger partial charge on any atom is -0.457 e. The van der Waals surface area contributed by atoms with Gasteiger partial charge in [-0.25, -0.2) is 4.79 Å². The van der Waals surface area contributed by atoms with Crippen molar-refractivity contribution in [3.8, 4) is 6.07 Å². The number of ether oxygens (including phenoxy) is 1. The number of halogens is 1. The summed E-state index contributed by atoms with van der Waals surface area (Å²) in [6.07, 6.45) is 0. The molecular formula is C30H26ClN3O3S. The molecule has 0 aromatic heterocycles. The van der Waals surface area contributed by atoms with Gasteiger partial charge in [0.05, 0.1) is 33.9 Å². The van der Waals surface area contributed by atoms with Crippen LogP contribution in [0.25, 0.3) is 0 Å². The van der Waals surface area contributed by atoms with Crippen molar-refractivity contribution in [2.75, 3.05) is 11.1 Å². The molecule has 192 valence electrons. The van der Waals surface area contributed by atoms with E-state index in [0.717, 1.165) is 16.7 Å². The van der Waals surface area contributed by atoms with Crippen LogP contribution in [0, 0.1) is 18.3 Å². The highest BCUT2D eigenvalue weighted by Gasteiger charge is 2.35. The van der Waals surface area contributed by atoms with Crippen LogP contribution in [0.3, 0.4) is 0 Å². The number of benzene rings is 3. The second-order valence-electron chi connectivity index (χ2n) is 8.77. The third-order valence-electron chi connectivity index (χ3n) is 5.93. The van der Waals surface area contributed by atoms with Crippen molar-refractivity contribution in [2.24, 2.45) is 0 Å². The predicted molar refractivity (Wildman–Crippen MR) is 151 cm³/mol. The van der Waals surface area contributed by atoms with Crippen molar-refractivity contribution < 1.29 is 14.3 Å². The quantitative estimate of drug-likeness (QED) is 0.317. The first kappa shape index (κ1) is 27.1. The Morgan fingerprint density at radius 3 is 2.47 bits per heavy atom. The van der Waals surface area contributed by atoms with Crippen molar-refractivity contribution in [1.29, 1.82) is 5.26 Å². The zero-order chi connectivity index (χ0) is 27.1. The molecule has 0 radical (unpaired) electrons. The number of thioether (sulfide) groups is 1. The summed E-state index contributed by atoms with van der Waals surface area (Å²) in [5.41, 5.74) is 4.56. The number of nitrogens with one attached hydrogen (secondary N) is 2. The van der Waals surface area contributed by atoms with E-state index in [4.69, 9.17) is 16.3 Å². The topological polar surface area (TPSA) is 91.2 Å². The molecule has 3 aromatic rings. The van der Waals surface area contributed by atoms with Gasteiger partial charge in [0.1, 0.15) is 6.61 Å². The van der Waals surface area contributed by atoms with Gasteiger partial charge in [-0.3, -0.25) is 4.79 Å². The van der Waals surface area contributed by atoms with Crippen LogP contribution in [0.15, 0.2) is 101 Å². The van der Waals surface area contributed by atoms with Gasteiger partial charge in [0, 0.05) is 16.4 Å². The standard InChI is InChI=1S/C30H26ClN3O3S/c1-19-7-6-10-24(15-19)34-26(35)18-38-29-25(16-32)28(22-11-13-23(31)14-12-22)27(20(2)33-29)30(36)37-17-21-8-4-3-5-9-21/h3-15,28,33H,17-18H2,1-2H3,(H,34,35)/t28-/m0/s1. The van der Waals surface area contributed by atoms with Gasteiger partial charge in [0.15, 0.2) is 0 Å². The van der Waals surface area contributed by atoms with Crippen molar-refractivity contribution in [2.45, 2.75) is 26.4 Å². The van der Waals surface area contributed by atoms with Gasteiger partial charge in [-0.2, -0.15) is 5.26 Å². The van der Waals surface area contributed by atoms with E-state index in [0.29, 0.717) is 32.6 Å². The molecule has 2 N–H and O–H groups in total. The van der Waals surface area contributed by atoms with Crippen LogP contribution in [0.5, 0.6) is 0 Å². The Hall–Kier alpha value is -3.99. The van der Waals surface area contributed by atoms with E-state index in [2.05, 4.69) is 16.7 Å². The summed E-state index contributed by atoms with van der Waals surface area (Å²) < 4.78 is 5.65. The number of dihydropyridines is 1. The smallest absolute Gasteiger partial charge is 0.337 e. The maximum Gasteiger partial charge on any atom is 0.337 e. The van der Waals surface area contributed by atoms with E-state index in [1.54, 1.807) is 31.2 Å². The van der Waals surface area contributed by atoms with Gasteiger partial charge in [0.2, 0.25) is 5.91 Å². The molecule has 1 heterocycles.